The zero-order valence-corrected chi connectivity index (χ0v) is 14.5. The van der Waals surface area contributed by atoms with Crippen LogP contribution in [0.2, 0.25) is 0 Å². The van der Waals surface area contributed by atoms with Gasteiger partial charge in [0.15, 0.2) is 0 Å². The van der Waals surface area contributed by atoms with E-state index in [4.69, 9.17) is 0 Å². The Balaban J connectivity index is 2.00. The van der Waals surface area contributed by atoms with Crippen molar-refractivity contribution in [2.75, 3.05) is 25.0 Å². The molecule has 0 bridgehead atoms. The summed E-state index contributed by atoms with van der Waals surface area (Å²) in [5.74, 6) is -0.0333. The first-order valence-corrected chi connectivity index (χ1v) is 9.32. The molecule has 1 amide bonds. The highest BCUT2D eigenvalue weighted by atomic mass is 32.2. The molecule has 2 aliphatic rings. The maximum Gasteiger partial charge on any atom is 0.243 e. The molecule has 2 N–H and O–H groups in total. The summed E-state index contributed by atoms with van der Waals surface area (Å²) >= 11 is 0. The minimum Gasteiger partial charge on any atom is -0.326 e. The van der Waals surface area contributed by atoms with Crippen molar-refractivity contribution in [3.8, 4) is 0 Å². The average Bonchev–Trinajstić information content (AvgIpc) is 2.46. The fourth-order valence-electron chi connectivity index (χ4n) is 3.31. The van der Waals surface area contributed by atoms with Gasteiger partial charge in [-0.2, -0.15) is 4.31 Å². The summed E-state index contributed by atoms with van der Waals surface area (Å²) in [6, 6.07) is 5.15. The minimum atomic E-state index is -3.51. The quantitative estimate of drug-likeness (QED) is 0.852. The smallest absolute Gasteiger partial charge is 0.243 e. The lowest BCUT2D eigenvalue weighted by molar-refractivity contribution is -0.117. The van der Waals surface area contributed by atoms with Crippen molar-refractivity contribution in [2.45, 2.75) is 43.5 Å². The zero-order valence-electron chi connectivity index (χ0n) is 13.7. The van der Waals surface area contributed by atoms with Crippen molar-refractivity contribution >= 4 is 21.6 Å². The van der Waals surface area contributed by atoms with Crippen LogP contribution in [-0.2, 0) is 20.2 Å². The topological polar surface area (TPSA) is 78.5 Å². The Kier molecular flexibility index (Phi) is 3.98. The fraction of sp³-hybridized carbons (Fsp3) is 0.562. The summed E-state index contributed by atoms with van der Waals surface area (Å²) in [6.45, 7) is 7.52. The average molecular weight is 337 g/mol. The van der Waals surface area contributed by atoms with Crippen LogP contribution in [-0.4, -0.2) is 44.3 Å². The largest absolute Gasteiger partial charge is 0.326 e. The lowest BCUT2D eigenvalue weighted by Crippen LogP contribution is -2.51. The molecule has 1 unspecified atom stereocenters. The summed E-state index contributed by atoms with van der Waals surface area (Å²) in [5, 5.41) is 6.07. The number of hydrogen-bond acceptors (Lipinski definition) is 4. The Morgan fingerprint density at radius 3 is 2.74 bits per heavy atom. The normalized spacial score (nSPS) is 24.8. The maximum absolute atomic E-state index is 12.9. The minimum absolute atomic E-state index is 0.0333. The molecule has 0 aliphatic carbocycles. The SMILES string of the molecule is CC1CN(S(=O)(=O)c2ccc3c(c2)C(C)(C)CC(=O)N3)CCN1. The molecule has 0 saturated carbocycles. The molecule has 0 spiro atoms. The van der Waals surface area contributed by atoms with Crippen molar-refractivity contribution in [3.63, 3.8) is 0 Å². The van der Waals surface area contributed by atoms with Gasteiger partial charge in [0.1, 0.15) is 0 Å². The first-order valence-electron chi connectivity index (χ1n) is 7.88. The maximum atomic E-state index is 12.9. The van der Waals surface area contributed by atoms with Crippen LogP contribution in [0.5, 0.6) is 0 Å². The molecular formula is C16H23N3O3S. The third-order valence-corrected chi connectivity index (χ3v) is 6.43. The summed E-state index contributed by atoms with van der Waals surface area (Å²) in [7, 11) is -3.51. The molecule has 1 fully saturated rings. The molecule has 1 atom stereocenters. The van der Waals surface area contributed by atoms with Crippen molar-refractivity contribution in [2.24, 2.45) is 0 Å². The van der Waals surface area contributed by atoms with Gasteiger partial charge >= 0.3 is 0 Å². The van der Waals surface area contributed by atoms with E-state index in [9.17, 15) is 13.2 Å². The van der Waals surface area contributed by atoms with Crippen LogP contribution in [0.1, 0.15) is 32.8 Å². The Hall–Kier alpha value is -1.44. The number of anilines is 1. The monoisotopic (exact) mass is 337 g/mol. The number of fused-ring (bicyclic) bond motifs is 1. The Labute approximate surface area is 137 Å². The number of hydrogen-bond donors (Lipinski definition) is 2. The van der Waals surface area contributed by atoms with Gasteiger partial charge in [-0.25, -0.2) is 8.42 Å². The standard InChI is InChI=1S/C16H23N3O3S/c1-11-10-19(7-6-17-11)23(21,22)12-4-5-14-13(8-12)16(2,3)9-15(20)18-14/h4-5,8,11,17H,6-7,9-10H2,1-3H3,(H,18,20). The highest BCUT2D eigenvalue weighted by molar-refractivity contribution is 7.89. The van der Waals surface area contributed by atoms with Crippen LogP contribution in [0, 0.1) is 0 Å². The molecule has 6 nitrogen and oxygen atoms in total. The predicted molar refractivity (Wildman–Crippen MR) is 88.9 cm³/mol. The van der Waals surface area contributed by atoms with Crippen LogP contribution in [0.15, 0.2) is 23.1 Å². The van der Waals surface area contributed by atoms with Gasteiger partial charge in [0.05, 0.1) is 4.90 Å². The molecule has 0 aromatic heterocycles. The number of benzene rings is 1. The van der Waals surface area contributed by atoms with Crippen LogP contribution in [0.3, 0.4) is 0 Å². The molecule has 0 radical (unpaired) electrons. The zero-order chi connectivity index (χ0) is 16.8. The van der Waals surface area contributed by atoms with Gasteiger partial charge in [-0.3, -0.25) is 4.79 Å². The van der Waals surface area contributed by atoms with Gasteiger partial charge in [0.2, 0.25) is 15.9 Å². The molecule has 7 heteroatoms. The third-order valence-electron chi connectivity index (χ3n) is 4.57. The predicted octanol–water partition coefficient (Wildman–Crippen LogP) is 1.29. The van der Waals surface area contributed by atoms with E-state index in [1.54, 1.807) is 18.2 Å². The van der Waals surface area contributed by atoms with Crippen molar-refractivity contribution in [3.05, 3.63) is 23.8 Å². The summed E-state index contributed by atoms with van der Waals surface area (Å²) < 4.78 is 27.3. The van der Waals surface area contributed by atoms with Crippen LogP contribution in [0.4, 0.5) is 5.69 Å². The molecule has 23 heavy (non-hydrogen) atoms. The number of piperazine rings is 1. The fourth-order valence-corrected chi connectivity index (χ4v) is 4.86. The molecule has 1 aromatic rings. The van der Waals surface area contributed by atoms with Crippen molar-refractivity contribution in [1.82, 2.24) is 9.62 Å². The second-order valence-corrected chi connectivity index (χ2v) is 8.97. The number of carbonyl (C=O) groups is 1. The van der Waals surface area contributed by atoms with E-state index < -0.39 is 10.0 Å². The van der Waals surface area contributed by atoms with E-state index in [1.165, 1.54) is 4.31 Å². The van der Waals surface area contributed by atoms with Gasteiger partial charge in [0.25, 0.3) is 0 Å². The van der Waals surface area contributed by atoms with Gasteiger partial charge in [0, 0.05) is 43.2 Å². The number of rotatable bonds is 2. The Morgan fingerprint density at radius 1 is 1.30 bits per heavy atom. The van der Waals surface area contributed by atoms with Crippen LogP contribution < -0.4 is 10.6 Å². The van der Waals surface area contributed by atoms with Gasteiger partial charge in [-0.05, 0) is 30.7 Å². The van der Waals surface area contributed by atoms with Gasteiger partial charge < -0.3 is 10.6 Å². The molecule has 126 valence electrons. The Bertz CT molecular complexity index is 743. The van der Waals surface area contributed by atoms with E-state index >= 15 is 0 Å². The lowest BCUT2D eigenvalue weighted by Gasteiger charge is -2.34. The van der Waals surface area contributed by atoms with E-state index in [1.807, 2.05) is 20.8 Å². The molecule has 1 aromatic carbocycles. The Morgan fingerprint density at radius 2 is 2.04 bits per heavy atom. The summed E-state index contributed by atoms with van der Waals surface area (Å²) in [4.78, 5) is 12.1. The van der Waals surface area contributed by atoms with Gasteiger partial charge in [-0.15, -0.1) is 0 Å². The highest BCUT2D eigenvalue weighted by Crippen LogP contribution is 2.38. The molecule has 3 rings (SSSR count). The second-order valence-electron chi connectivity index (χ2n) is 7.03. The van der Waals surface area contributed by atoms with Crippen LogP contribution >= 0.6 is 0 Å². The molecular weight excluding hydrogens is 314 g/mol. The summed E-state index contributed by atoms with van der Waals surface area (Å²) in [5.41, 5.74) is 1.21. The number of amides is 1. The van der Waals surface area contributed by atoms with Gasteiger partial charge in [-0.1, -0.05) is 13.8 Å². The van der Waals surface area contributed by atoms with E-state index in [2.05, 4.69) is 10.6 Å². The first kappa shape index (κ1) is 16.4. The number of sulfonamides is 1. The molecule has 2 heterocycles. The lowest BCUT2D eigenvalue weighted by atomic mass is 9.78. The highest BCUT2D eigenvalue weighted by Gasteiger charge is 2.34. The number of nitrogens with one attached hydrogen (secondary N) is 2. The number of nitrogens with zero attached hydrogens (tertiary/aromatic N) is 1. The summed E-state index contributed by atoms with van der Waals surface area (Å²) in [6.07, 6.45) is 0.355. The van der Waals surface area contributed by atoms with Crippen LogP contribution in [0.25, 0.3) is 0 Å². The van der Waals surface area contributed by atoms with E-state index in [0.29, 0.717) is 36.6 Å². The molecule has 1 saturated heterocycles. The second kappa shape index (κ2) is 5.58. The van der Waals surface area contributed by atoms with Crippen molar-refractivity contribution in [1.29, 1.82) is 0 Å². The third kappa shape index (κ3) is 3.00. The van der Waals surface area contributed by atoms with E-state index in [0.717, 1.165) is 5.56 Å². The van der Waals surface area contributed by atoms with E-state index in [-0.39, 0.29) is 17.4 Å². The number of carbonyl (C=O) groups excluding carboxylic acids is 1. The first-order chi connectivity index (χ1) is 10.7. The molecule has 2 aliphatic heterocycles. The van der Waals surface area contributed by atoms with Crippen molar-refractivity contribution < 1.29 is 13.2 Å².